The molecule has 3 nitrogen and oxygen atoms in total. The van der Waals surface area contributed by atoms with Gasteiger partial charge in [-0.1, -0.05) is 32.0 Å². The van der Waals surface area contributed by atoms with Gasteiger partial charge in [0.25, 0.3) is 0 Å². The first-order valence-corrected chi connectivity index (χ1v) is 7.74. The van der Waals surface area contributed by atoms with Crippen molar-refractivity contribution in [2.75, 3.05) is 26.7 Å². The van der Waals surface area contributed by atoms with Crippen LogP contribution in [0, 0.1) is 0 Å². The van der Waals surface area contributed by atoms with Gasteiger partial charge in [0.1, 0.15) is 5.75 Å². The SMILES string of the molecule is CCCN(CC(NCC)c1ccccc1OC)C(C)C. The number of methoxy groups -OCH3 is 1. The predicted octanol–water partition coefficient (Wildman–Crippen LogP) is 3.47. The fourth-order valence-electron chi connectivity index (χ4n) is 2.56. The fraction of sp³-hybridized carbons (Fsp3) is 0.647. The van der Waals surface area contributed by atoms with Crippen molar-refractivity contribution in [2.45, 2.75) is 46.2 Å². The van der Waals surface area contributed by atoms with Crippen molar-refractivity contribution >= 4 is 0 Å². The van der Waals surface area contributed by atoms with Crippen molar-refractivity contribution < 1.29 is 4.74 Å². The molecule has 0 fully saturated rings. The molecule has 0 bridgehead atoms. The Bertz CT molecular complexity index is 379. The zero-order valence-electron chi connectivity index (χ0n) is 13.6. The lowest BCUT2D eigenvalue weighted by atomic mass is 10.0. The zero-order chi connectivity index (χ0) is 15.0. The minimum atomic E-state index is 0.310. The van der Waals surface area contributed by atoms with Crippen molar-refractivity contribution in [1.82, 2.24) is 10.2 Å². The van der Waals surface area contributed by atoms with Crippen molar-refractivity contribution in [3.63, 3.8) is 0 Å². The number of para-hydroxylation sites is 1. The number of hydrogen-bond acceptors (Lipinski definition) is 3. The quantitative estimate of drug-likeness (QED) is 0.748. The van der Waals surface area contributed by atoms with E-state index in [1.54, 1.807) is 7.11 Å². The number of likely N-dealkylation sites (N-methyl/N-ethyl adjacent to an activating group) is 1. The van der Waals surface area contributed by atoms with Gasteiger partial charge in [-0.05, 0) is 39.4 Å². The fourth-order valence-corrected chi connectivity index (χ4v) is 2.56. The van der Waals surface area contributed by atoms with Gasteiger partial charge in [-0.25, -0.2) is 0 Å². The molecular formula is C17H30N2O. The average molecular weight is 278 g/mol. The van der Waals surface area contributed by atoms with E-state index in [2.05, 4.69) is 50.0 Å². The molecule has 0 saturated heterocycles. The lowest BCUT2D eigenvalue weighted by Gasteiger charge is -2.31. The summed E-state index contributed by atoms with van der Waals surface area (Å²) >= 11 is 0. The predicted molar refractivity (Wildman–Crippen MR) is 86.4 cm³/mol. The molecule has 1 unspecified atom stereocenters. The van der Waals surface area contributed by atoms with Crippen molar-refractivity contribution in [3.05, 3.63) is 29.8 Å². The molecule has 1 atom stereocenters. The van der Waals surface area contributed by atoms with Crippen molar-refractivity contribution in [3.8, 4) is 5.75 Å². The van der Waals surface area contributed by atoms with Crippen LogP contribution in [0.25, 0.3) is 0 Å². The van der Waals surface area contributed by atoms with Crippen LogP contribution in [0.4, 0.5) is 0 Å². The Hall–Kier alpha value is -1.06. The van der Waals surface area contributed by atoms with Gasteiger partial charge < -0.3 is 10.1 Å². The summed E-state index contributed by atoms with van der Waals surface area (Å²) in [5.41, 5.74) is 1.25. The second-order valence-electron chi connectivity index (χ2n) is 5.44. The number of nitrogens with one attached hydrogen (secondary N) is 1. The summed E-state index contributed by atoms with van der Waals surface area (Å²) in [6.45, 7) is 12.0. The minimum absolute atomic E-state index is 0.310. The highest BCUT2D eigenvalue weighted by atomic mass is 16.5. The van der Waals surface area contributed by atoms with Gasteiger partial charge in [0.2, 0.25) is 0 Å². The summed E-state index contributed by atoms with van der Waals surface area (Å²) in [6.07, 6.45) is 1.18. The van der Waals surface area contributed by atoms with Crippen LogP contribution in [0.2, 0.25) is 0 Å². The van der Waals surface area contributed by atoms with Crippen LogP contribution in [-0.2, 0) is 0 Å². The van der Waals surface area contributed by atoms with Crippen LogP contribution in [0.5, 0.6) is 5.75 Å². The third kappa shape index (κ3) is 4.80. The Labute approximate surface area is 124 Å². The first kappa shape index (κ1) is 17.0. The summed E-state index contributed by atoms with van der Waals surface area (Å²) in [5.74, 6) is 0.971. The van der Waals surface area contributed by atoms with Gasteiger partial charge in [0.15, 0.2) is 0 Å². The van der Waals surface area contributed by atoms with Crippen molar-refractivity contribution in [2.24, 2.45) is 0 Å². The Balaban J connectivity index is 2.92. The average Bonchev–Trinajstić information content (AvgIpc) is 2.45. The van der Waals surface area contributed by atoms with E-state index in [9.17, 15) is 0 Å². The normalized spacial score (nSPS) is 12.9. The molecule has 0 spiro atoms. The first-order chi connectivity index (χ1) is 9.63. The zero-order valence-corrected chi connectivity index (χ0v) is 13.6. The van der Waals surface area contributed by atoms with E-state index in [1.807, 2.05) is 12.1 Å². The molecule has 1 aromatic rings. The summed E-state index contributed by atoms with van der Waals surface area (Å²) in [5, 5.41) is 3.60. The standard InChI is InChI=1S/C17H30N2O/c1-6-12-19(14(3)4)13-16(18-7-2)15-10-8-9-11-17(15)20-5/h8-11,14,16,18H,6-7,12-13H2,1-5H3. The van der Waals surface area contributed by atoms with Crippen molar-refractivity contribution in [1.29, 1.82) is 0 Å². The molecule has 0 aliphatic rings. The summed E-state index contributed by atoms with van der Waals surface area (Å²) < 4.78 is 5.52. The highest BCUT2D eigenvalue weighted by Gasteiger charge is 2.19. The lowest BCUT2D eigenvalue weighted by Crippen LogP contribution is -2.39. The molecule has 114 valence electrons. The lowest BCUT2D eigenvalue weighted by molar-refractivity contribution is 0.197. The molecule has 0 aliphatic heterocycles. The van der Waals surface area contributed by atoms with E-state index in [1.165, 1.54) is 12.0 Å². The maximum Gasteiger partial charge on any atom is 0.123 e. The van der Waals surface area contributed by atoms with E-state index >= 15 is 0 Å². The third-order valence-corrected chi connectivity index (χ3v) is 3.62. The molecule has 0 saturated carbocycles. The third-order valence-electron chi connectivity index (χ3n) is 3.62. The highest BCUT2D eigenvalue weighted by Crippen LogP contribution is 2.26. The molecule has 1 aromatic carbocycles. The second-order valence-corrected chi connectivity index (χ2v) is 5.44. The maximum absolute atomic E-state index is 5.52. The first-order valence-electron chi connectivity index (χ1n) is 7.74. The molecule has 0 heterocycles. The topological polar surface area (TPSA) is 24.5 Å². The molecule has 0 aliphatic carbocycles. The van der Waals surface area contributed by atoms with Gasteiger partial charge in [0, 0.05) is 24.2 Å². The molecule has 1 N–H and O–H groups in total. The number of rotatable bonds is 9. The van der Waals surface area contributed by atoms with E-state index < -0.39 is 0 Å². The van der Waals surface area contributed by atoms with Crippen LogP contribution in [0.3, 0.4) is 0 Å². The number of ether oxygens (including phenoxy) is 1. The molecule has 0 aromatic heterocycles. The number of hydrogen-bond donors (Lipinski definition) is 1. The molecule has 3 heteroatoms. The Morgan fingerprint density at radius 2 is 1.90 bits per heavy atom. The van der Waals surface area contributed by atoms with E-state index in [-0.39, 0.29) is 0 Å². The van der Waals surface area contributed by atoms with Gasteiger partial charge in [-0.2, -0.15) is 0 Å². The van der Waals surface area contributed by atoms with E-state index in [0.29, 0.717) is 12.1 Å². The molecule has 0 radical (unpaired) electrons. The van der Waals surface area contributed by atoms with E-state index in [0.717, 1.165) is 25.4 Å². The molecule has 1 rings (SSSR count). The van der Waals surface area contributed by atoms with Crippen LogP contribution in [-0.4, -0.2) is 37.7 Å². The number of nitrogens with zero attached hydrogens (tertiary/aromatic N) is 1. The Morgan fingerprint density at radius 1 is 1.20 bits per heavy atom. The molecule has 20 heavy (non-hydrogen) atoms. The van der Waals surface area contributed by atoms with Gasteiger partial charge >= 0.3 is 0 Å². The largest absolute Gasteiger partial charge is 0.496 e. The van der Waals surface area contributed by atoms with Crippen LogP contribution in [0.15, 0.2) is 24.3 Å². The van der Waals surface area contributed by atoms with Crippen LogP contribution >= 0.6 is 0 Å². The van der Waals surface area contributed by atoms with Gasteiger partial charge in [-0.3, -0.25) is 4.90 Å². The van der Waals surface area contributed by atoms with Crippen LogP contribution < -0.4 is 10.1 Å². The number of benzene rings is 1. The van der Waals surface area contributed by atoms with Gasteiger partial charge in [-0.15, -0.1) is 0 Å². The Kier molecular flexibility index (Phi) is 7.63. The highest BCUT2D eigenvalue weighted by molar-refractivity contribution is 5.36. The summed E-state index contributed by atoms with van der Waals surface area (Å²) in [7, 11) is 1.74. The summed E-state index contributed by atoms with van der Waals surface area (Å²) in [4.78, 5) is 2.53. The van der Waals surface area contributed by atoms with Gasteiger partial charge in [0.05, 0.1) is 7.11 Å². The minimum Gasteiger partial charge on any atom is -0.496 e. The molecule has 0 amide bonds. The van der Waals surface area contributed by atoms with Crippen LogP contribution in [0.1, 0.15) is 45.7 Å². The monoisotopic (exact) mass is 278 g/mol. The maximum atomic E-state index is 5.52. The second kappa shape index (κ2) is 8.98. The molecular weight excluding hydrogens is 248 g/mol. The van der Waals surface area contributed by atoms with E-state index in [4.69, 9.17) is 4.74 Å². The smallest absolute Gasteiger partial charge is 0.123 e. The Morgan fingerprint density at radius 3 is 2.45 bits per heavy atom. The summed E-state index contributed by atoms with van der Waals surface area (Å²) in [6, 6.07) is 9.19.